The Hall–Kier alpha value is -1.06. The highest BCUT2D eigenvalue weighted by Crippen LogP contribution is 2.09. The van der Waals surface area contributed by atoms with E-state index in [4.69, 9.17) is 5.73 Å². The molecule has 0 aromatic heterocycles. The lowest BCUT2D eigenvalue weighted by molar-refractivity contribution is 0.0953. The third-order valence-electron chi connectivity index (χ3n) is 2.69. The van der Waals surface area contributed by atoms with Crippen LogP contribution >= 0.6 is 12.4 Å². The number of carbonyl (C=O) groups excluding carboxylic acids is 1. The van der Waals surface area contributed by atoms with E-state index < -0.39 is 0 Å². The molecule has 0 saturated heterocycles. The number of hydrogen-bond donors (Lipinski definition) is 2. The van der Waals surface area contributed by atoms with Crippen LogP contribution in [-0.4, -0.2) is 19.0 Å². The molecule has 1 aromatic rings. The van der Waals surface area contributed by atoms with Crippen LogP contribution in [0.3, 0.4) is 0 Å². The third kappa shape index (κ3) is 5.20. The van der Waals surface area contributed by atoms with Gasteiger partial charge in [-0.25, -0.2) is 0 Å². The Morgan fingerprint density at radius 2 is 1.94 bits per heavy atom. The summed E-state index contributed by atoms with van der Waals surface area (Å²) in [5.41, 5.74) is 8.47. The minimum atomic E-state index is 0. The zero-order valence-electron chi connectivity index (χ0n) is 10.5. The van der Waals surface area contributed by atoms with E-state index in [1.54, 1.807) is 0 Å². The second-order valence-corrected chi connectivity index (χ2v) is 4.05. The molecule has 17 heavy (non-hydrogen) atoms. The summed E-state index contributed by atoms with van der Waals surface area (Å²) in [6, 6.07) is 5.76. The first kappa shape index (κ1) is 15.9. The van der Waals surface area contributed by atoms with Gasteiger partial charge >= 0.3 is 0 Å². The van der Waals surface area contributed by atoms with Crippen LogP contribution in [0.1, 0.15) is 34.3 Å². The Morgan fingerprint density at radius 3 is 2.53 bits per heavy atom. The quantitative estimate of drug-likeness (QED) is 0.794. The number of halogens is 1. The molecule has 0 bridgehead atoms. The highest BCUT2D eigenvalue weighted by atomic mass is 35.5. The van der Waals surface area contributed by atoms with Gasteiger partial charge in [0.1, 0.15) is 0 Å². The van der Waals surface area contributed by atoms with Crippen LogP contribution in [0, 0.1) is 13.8 Å². The third-order valence-corrected chi connectivity index (χ3v) is 2.69. The normalized spacial score (nSPS) is 9.59. The van der Waals surface area contributed by atoms with Gasteiger partial charge < -0.3 is 11.1 Å². The number of benzene rings is 1. The lowest BCUT2D eigenvalue weighted by Crippen LogP contribution is -2.24. The van der Waals surface area contributed by atoms with E-state index in [9.17, 15) is 4.79 Å². The molecule has 3 nitrogen and oxygen atoms in total. The Bertz CT molecular complexity index is 366. The Labute approximate surface area is 109 Å². The molecule has 4 heteroatoms. The van der Waals surface area contributed by atoms with Gasteiger partial charge in [0.25, 0.3) is 5.91 Å². The second-order valence-electron chi connectivity index (χ2n) is 4.05. The maximum Gasteiger partial charge on any atom is 0.251 e. The van der Waals surface area contributed by atoms with Crippen LogP contribution in [0.15, 0.2) is 18.2 Å². The minimum Gasteiger partial charge on any atom is -0.352 e. The predicted molar refractivity (Wildman–Crippen MR) is 73.8 cm³/mol. The summed E-state index contributed by atoms with van der Waals surface area (Å²) in [5, 5.41) is 2.89. The van der Waals surface area contributed by atoms with Crippen LogP contribution in [0.25, 0.3) is 0 Å². The minimum absolute atomic E-state index is 0. The summed E-state index contributed by atoms with van der Waals surface area (Å²) in [7, 11) is 0. The number of amides is 1. The molecule has 0 aliphatic rings. The van der Waals surface area contributed by atoms with E-state index in [0.29, 0.717) is 13.1 Å². The average Bonchev–Trinajstić information content (AvgIpc) is 2.28. The number of hydrogen-bond acceptors (Lipinski definition) is 2. The van der Waals surface area contributed by atoms with Crippen LogP contribution in [0.4, 0.5) is 0 Å². The topological polar surface area (TPSA) is 55.1 Å². The summed E-state index contributed by atoms with van der Waals surface area (Å²) >= 11 is 0. The summed E-state index contributed by atoms with van der Waals surface area (Å²) in [6.07, 6.45) is 1.89. The number of carbonyl (C=O) groups is 1. The van der Waals surface area contributed by atoms with E-state index in [1.807, 2.05) is 32.0 Å². The van der Waals surface area contributed by atoms with Gasteiger partial charge in [0, 0.05) is 12.1 Å². The molecule has 1 amide bonds. The van der Waals surface area contributed by atoms with Crippen molar-refractivity contribution >= 4 is 18.3 Å². The lowest BCUT2D eigenvalue weighted by Gasteiger charge is -2.06. The van der Waals surface area contributed by atoms with Crippen molar-refractivity contribution in [3.63, 3.8) is 0 Å². The molecule has 0 atom stereocenters. The molecule has 3 N–H and O–H groups in total. The van der Waals surface area contributed by atoms with Gasteiger partial charge in [0.05, 0.1) is 0 Å². The fourth-order valence-corrected chi connectivity index (χ4v) is 1.46. The van der Waals surface area contributed by atoms with Gasteiger partial charge in [-0.2, -0.15) is 0 Å². The van der Waals surface area contributed by atoms with E-state index in [-0.39, 0.29) is 18.3 Å². The number of rotatable bonds is 5. The molecule has 0 saturated carbocycles. The van der Waals surface area contributed by atoms with Crippen molar-refractivity contribution in [2.45, 2.75) is 26.7 Å². The molecule has 0 spiro atoms. The van der Waals surface area contributed by atoms with Gasteiger partial charge in [0.15, 0.2) is 0 Å². The molecule has 0 unspecified atom stereocenters. The number of unbranched alkanes of at least 4 members (excludes halogenated alkanes) is 1. The molecule has 1 rings (SSSR count). The zero-order chi connectivity index (χ0) is 12.0. The average molecular weight is 257 g/mol. The molecule has 1 aromatic carbocycles. The first-order chi connectivity index (χ1) is 7.65. The van der Waals surface area contributed by atoms with E-state index in [0.717, 1.165) is 24.0 Å². The predicted octanol–water partition coefficient (Wildman–Crippen LogP) is 2.19. The largest absolute Gasteiger partial charge is 0.352 e. The number of nitrogens with two attached hydrogens (primary N) is 1. The van der Waals surface area contributed by atoms with E-state index in [2.05, 4.69) is 5.32 Å². The van der Waals surface area contributed by atoms with Crippen molar-refractivity contribution < 1.29 is 4.79 Å². The van der Waals surface area contributed by atoms with Gasteiger partial charge in [-0.15, -0.1) is 12.4 Å². The van der Waals surface area contributed by atoms with Crippen LogP contribution < -0.4 is 11.1 Å². The SMILES string of the molecule is Cc1ccc(C(=O)NCCCCN)cc1C.Cl. The Morgan fingerprint density at radius 1 is 1.24 bits per heavy atom. The van der Waals surface area contributed by atoms with Gasteiger partial charge in [-0.3, -0.25) is 4.79 Å². The molecular weight excluding hydrogens is 236 g/mol. The highest BCUT2D eigenvalue weighted by molar-refractivity contribution is 5.94. The Balaban J connectivity index is 0.00000256. The summed E-state index contributed by atoms with van der Waals surface area (Å²) in [5.74, 6) is 0.000112. The van der Waals surface area contributed by atoms with Gasteiger partial charge in [-0.05, 0) is 56.5 Å². The number of aryl methyl sites for hydroxylation is 2. The van der Waals surface area contributed by atoms with Crippen molar-refractivity contribution in [2.75, 3.05) is 13.1 Å². The van der Waals surface area contributed by atoms with Crippen molar-refractivity contribution in [3.05, 3.63) is 34.9 Å². The van der Waals surface area contributed by atoms with Gasteiger partial charge in [0.2, 0.25) is 0 Å². The molecule has 0 heterocycles. The molecule has 0 radical (unpaired) electrons. The van der Waals surface area contributed by atoms with Crippen molar-refractivity contribution in [2.24, 2.45) is 5.73 Å². The molecule has 96 valence electrons. The standard InChI is InChI=1S/C13H20N2O.ClH/c1-10-5-6-12(9-11(10)2)13(16)15-8-4-3-7-14;/h5-6,9H,3-4,7-8,14H2,1-2H3,(H,15,16);1H. The Kier molecular flexibility index (Phi) is 7.59. The zero-order valence-corrected chi connectivity index (χ0v) is 11.3. The van der Waals surface area contributed by atoms with Crippen LogP contribution in [0.2, 0.25) is 0 Å². The van der Waals surface area contributed by atoms with Crippen molar-refractivity contribution in [3.8, 4) is 0 Å². The molecular formula is C13H21ClN2O. The molecule has 0 fully saturated rings. The monoisotopic (exact) mass is 256 g/mol. The fraction of sp³-hybridized carbons (Fsp3) is 0.462. The van der Waals surface area contributed by atoms with Crippen molar-refractivity contribution in [1.82, 2.24) is 5.32 Å². The maximum absolute atomic E-state index is 11.7. The van der Waals surface area contributed by atoms with E-state index >= 15 is 0 Å². The molecule has 0 aliphatic heterocycles. The number of nitrogens with one attached hydrogen (secondary N) is 1. The lowest BCUT2D eigenvalue weighted by atomic mass is 10.1. The first-order valence-electron chi connectivity index (χ1n) is 5.70. The maximum atomic E-state index is 11.7. The summed E-state index contributed by atoms with van der Waals surface area (Å²) in [4.78, 5) is 11.7. The fourth-order valence-electron chi connectivity index (χ4n) is 1.46. The first-order valence-corrected chi connectivity index (χ1v) is 5.70. The molecule has 0 aliphatic carbocycles. The van der Waals surface area contributed by atoms with Crippen LogP contribution in [0.5, 0.6) is 0 Å². The van der Waals surface area contributed by atoms with E-state index in [1.165, 1.54) is 5.56 Å². The second kappa shape index (κ2) is 8.09. The summed E-state index contributed by atoms with van der Waals surface area (Å²) < 4.78 is 0. The van der Waals surface area contributed by atoms with Gasteiger partial charge in [-0.1, -0.05) is 6.07 Å². The highest BCUT2D eigenvalue weighted by Gasteiger charge is 2.05. The van der Waals surface area contributed by atoms with Crippen LogP contribution in [-0.2, 0) is 0 Å². The summed E-state index contributed by atoms with van der Waals surface area (Å²) in [6.45, 7) is 5.43. The van der Waals surface area contributed by atoms with Crippen molar-refractivity contribution in [1.29, 1.82) is 0 Å². The smallest absolute Gasteiger partial charge is 0.251 e.